The van der Waals surface area contributed by atoms with E-state index in [1.165, 1.54) is 5.56 Å². The van der Waals surface area contributed by atoms with Crippen molar-refractivity contribution in [2.75, 3.05) is 5.88 Å². The van der Waals surface area contributed by atoms with Gasteiger partial charge in [-0.2, -0.15) is 5.12 Å². The molecule has 3 rings (SSSR count). The average Bonchev–Trinajstić information content (AvgIpc) is 3.02. The van der Waals surface area contributed by atoms with Crippen molar-refractivity contribution in [3.05, 3.63) is 71.8 Å². The number of benzene rings is 2. The molecular weight excluding hydrogens is 314 g/mol. The summed E-state index contributed by atoms with van der Waals surface area (Å²) >= 11 is 3.31. The highest BCUT2D eigenvalue weighted by molar-refractivity contribution is 8.38. The third kappa shape index (κ3) is 4.05. The van der Waals surface area contributed by atoms with Crippen LogP contribution in [-0.2, 0) is 5.75 Å². The van der Waals surface area contributed by atoms with E-state index in [1.807, 2.05) is 36.4 Å². The molecular formula is C16H15N3OS2. The predicted octanol–water partition coefficient (Wildman–Crippen LogP) is 3.54. The Hall–Kier alpha value is -1.92. The highest BCUT2D eigenvalue weighted by Gasteiger charge is 2.18. The van der Waals surface area contributed by atoms with Gasteiger partial charge in [-0.1, -0.05) is 72.1 Å². The van der Waals surface area contributed by atoms with Gasteiger partial charge in [-0.05, 0) is 17.7 Å². The number of hydrogen-bond acceptors (Lipinski definition) is 5. The number of hydrazone groups is 1. The fourth-order valence-electron chi connectivity index (χ4n) is 1.89. The van der Waals surface area contributed by atoms with Gasteiger partial charge < -0.3 is 0 Å². The number of thioether (sulfide) groups is 2. The van der Waals surface area contributed by atoms with Gasteiger partial charge in [0.1, 0.15) is 5.88 Å². The summed E-state index contributed by atoms with van der Waals surface area (Å²) in [6.07, 6.45) is 0. The lowest BCUT2D eigenvalue weighted by Crippen LogP contribution is -2.36. The average molecular weight is 329 g/mol. The van der Waals surface area contributed by atoms with Crippen LogP contribution < -0.4 is 5.43 Å². The van der Waals surface area contributed by atoms with E-state index in [2.05, 4.69) is 22.7 Å². The number of hydrogen-bond donors (Lipinski definition) is 1. The van der Waals surface area contributed by atoms with Crippen molar-refractivity contribution in [3.8, 4) is 0 Å². The van der Waals surface area contributed by atoms with Crippen molar-refractivity contribution in [2.45, 2.75) is 5.75 Å². The second-order valence-electron chi connectivity index (χ2n) is 4.62. The Balaban J connectivity index is 1.52. The Morgan fingerprint density at radius 2 is 1.82 bits per heavy atom. The van der Waals surface area contributed by atoms with E-state index in [1.54, 1.807) is 40.8 Å². The van der Waals surface area contributed by atoms with Gasteiger partial charge in [0.15, 0.2) is 4.38 Å². The van der Waals surface area contributed by atoms with Gasteiger partial charge in [0, 0.05) is 11.3 Å². The van der Waals surface area contributed by atoms with Crippen LogP contribution in [0.15, 0.2) is 65.8 Å². The van der Waals surface area contributed by atoms with E-state index < -0.39 is 0 Å². The van der Waals surface area contributed by atoms with E-state index in [4.69, 9.17) is 0 Å². The molecule has 4 nitrogen and oxygen atoms in total. The first kappa shape index (κ1) is 15.0. The highest BCUT2D eigenvalue weighted by Crippen LogP contribution is 2.26. The molecule has 0 unspecified atom stereocenters. The number of hydrazine groups is 1. The van der Waals surface area contributed by atoms with Crippen LogP contribution in [0, 0.1) is 0 Å². The van der Waals surface area contributed by atoms with E-state index in [9.17, 15) is 4.79 Å². The topological polar surface area (TPSA) is 44.7 Å². The first-order chi connectivity index (χ1) is 10.8. The summed E-state index contributed by atoms with van der Waals surface area (Å²) in [5.41, 5.74) is 4.69. The van der Waals surface area contributed by atoms with Crippen molar-refractivity contribution in [1.82, 2.24) is 10.5 Å². The molecule has 1 heterocycles. The monoisotopic (exact) mass is 329 g/mol. The van der Waals surface area contributed by atoms with E-state index in [-0.39, 0.29) is 5.91 Å². The first-order valence-electron chi connectivity index (χ1n) is 6.83. The van der Waals surface area contributed by atoms with Crippen molar-refractivity contribution in [3.63, 3.8) is 0 Å². The summed E-state index contributed by atoms with van der Waals surface area (Å²) in [6, 6.07) is 19.4. The lowest BCUT2D eigenvalue weighted by molar-refractivity contribution is 0.0829. The van der Waals surface area contributed by atoms with Crippen molar-refractivity contribution in [1.29, 1.82) is 0 Å². The summed E-state index contributed by atoms with van der Waals surface area (Å²) in [7, 11) is 0. The Labute approximate surface area is 137 Å². The Morgan fingerprint density at radius 1 is 1.14 bits per heavy atom. The Kier molecular flexibility index (Phi) is 5.03. The molecule has 0 saturated carbocycles. The summed E-state index contributed by atoms with van der Waals surface area (Å²) in [6.45, 7) is 0. The molecule has 2 aromatic carbocycles. The van der Waals surface area contributed by atoms with Gasteiger partial charge in [-0.15, -0.1) is 5.10 Å². The van der Waals surface area contributed by atoms with Gasteiger partial charge in [0.05, 0.1) is 0 Å². The molecule has 0 saturated heterocycles. The molecule has 0 atom stereocenters. The molecule has 1 amide bonds. The molecule has 112 valence electrons. The normalized spacial score (nSPS) is 13.8. The van der Waals surface area contributed by atoms with Gasteiger partial charge in [0.25, 0.3) is 5.91 Å². The van der Waals surface area contributed by atoms with Crippen LogP contribution in [0.3, 0.4) is 0 Å². The molecule has 0 bridgehead atoms. The zero-order chi connectivity index (χ0) is 15.2. The van der Waals surface area contributed by atoms with E-state index in [0.29, 0.717) is 11.4 Å². The third-order valence-corrected chi connectivity index (χ3v) is 5.20. The molecule has 6 heteroatoms. The predicted molar refractivity (Wildman–Crippen MR) is 93.4 cm³/mol. The maximum absolute atomic E-state index is 12.0. The minimum Gasteiger partial charge on any atom is -0.267 e. The summed E-state index contributed by atoms with van der Waals surface area (Å²) in [4.78, 5) is 12.0. The molecule has 1 N–H and O–H groups in total. The number of nitrogens with one attached hydrogen (secondary N) is 1. The molecule has 0 aromatic heterocycles. The Morgan fingerprint density at radius 3 is 2.55 bits per heavy atom. The standard InChI is InChI=1S/C16H15N3OS2/c20-15(14-9-5-2-6-10-14)17-19-12-22-16(18-19)21-11-13-7-3-1-4-8-13/h1-10H,11-12H2,(H,17,20). The maximum Gasteiger partial charge on any atom is 0.271 e. The molecule has 1 aliphatic heterocycles. The molecule has 0 fully saturated rings. The maximum atomic E-state index is 12.0. The van der Waals surface area contributed by atoms with E-state index >= 15 is 0 Å². The summed E-state index contributed by atoms with van der Waals surface area (Å²) in [5.74, 6) is 1.38. The zero-order valence-electron chi connectivity index (χ0n) is 11.8. The van der Waals surface area contributed by atoms with Crippen LogP contribution >= 0.6 is 23.5 Å². The lowest BCUT2D eigenvalue weighted by Gasteiger charge is -2.13. The molecule has 0 spiro atoms. The quantitative estimate of drug-likeness (QED) is 0.932. The fourth-order valence-corrected chi connectivity index (χ4v) is 3.71. The Bertz CT molecular complexity index is 662. The lowest BCUT2D eigenvalue weighted by atomic mass is 10.2. The number of carbonyl (C=O) groups excluding carboxylic acids is 1. The smallest absolute Gasteiger partial charge is 0.267 e. The van der Waals surface area contributed by atoms with E-state index in [0.717, 1.165) is 10.1 Å². The van der Waals surface area contributed by atoms with Crippen molar-refractivity contribution in [2.24, 2.45) is 5.10 Å². The van der Waals surface area contributed by atoms with Crippen LogP contribution in [0.4, 0.5) is 0 Å². The number of nitrogens with zero attached hydrogens (tertiary/aromatic N) is 2. The van der Waals surface area contributed by atoms with Crippen LogP contribution in [0.25, 0.3) is 0 Å². The highest BCUT2D eigenvalue weighted by atomic mass is 32.2. The van der Waals surface area contributed by atoms with Gasteiger partial charge >= 0.3 is 0 Å². The number of amides is 1. The van der Waals surface area contributed by atoms with Crippen LogP contribution in [0.2, 0.25) is 0 Å². The van der Waals surface area contributed by atoms with Crippen LogP contribution in [-0.4, -0.2) is 21.3 Å². The number of rotatable bonds is 4. The second-order valence-corrected chi connectivity index (χ2v) is 6.78. The van der Waals surface area contributed by atoms with Gasteiger partial charge in [-0.25, -0.2) is 5.43 Å². The summed E-state index contributed by atoms with van der Waals surface area (Å²) in [5, 5.41) is 6.00. The third-order valence-electron chi connectivity index (χ3n) is 2.98. The first-order valence-corrected chi connectivity index (χ1v) is 8.80. The van der Waals surface area contributed by atoms with Gasteiger partial charge in [-0.3, -0.25) is 4.79 Å². The van der Waals surface area contributed by atoms with Gasteiger partial charge in [0.2, 0.25) is 0 Å². The fraction of sp³-hybridized carbons (Fsp3) is 0.125. The number of carbonyl (C=O) groups is 1. The minimum atomic E-state index is -0.140. The SMILES string of the molecule is O=C(NN1CSC(SCc2ccccc2)=N1)c1ccccc1. The molecule has 2 aromatic rings. The van der Waals surface area contributed by atoms with Crippen LogP contribution in [0.5, 0.6) is 0 Å². The van der Waals surface area contributed by atoms with Crippen LogP contribution in [0.1, 0.15) is 15.9 Å². The zero-order valence-corrected chi connectivity index (χ0v) is 13.4. The molecule has 0 aliphatic carbocycles. The largest absolute Gasteiger partial charge is 0.271 e. The molecule has 22 heavy (non-hydrogen) atoms. The minimum absolute atomic E-state index is 0.140. The van der Waals surface area contributed by atoms with Crippen molar-refractivity contribution >= 4 is 33.8 Å². The molecule has 1 aliphatic rings. The molecule has 0 radical (unpaired) electrons. The summed E-state index contributed by atoms with van der Waals surface area (Å²) < 4.78 is 0.970. The second kappa shape index (κ2) is 7.38. The van der Waals surface area contributed by atoms with Crippen molar-refractivity contribution < 1.29 is 4.79 Å².